The Hall–Kier alpha value is -1.14. The molecule has 0 amide bonds. The minimum atomic E-state index is -1.24. The molecule has 0 saturated heterocycles. The number of pyridine rings is 1. The number of aromatic carboxylic acids is 1. The van der Waals surface area contributed by atoms with Crippen molar-refractivity contribution in [1.82, 2.24) is 4.98 Å². The first-order valence-electron chi connectivity index (χ1n) is 4.24. The zero-order valence-corrected chi connectivity index (χ0v) is 10.9. The summed E-state index contributed by atoms with van der Waals surface area (Å²) in [5.41, 5.74) is -0.182. The van der Waals surface area contributed by atoms with Crippen molar-refractivity contribution in [2.75, 3.05) is 0 Å². The quantitative estimate of drug-likeness (QED) is 0.834. The fourth-order valence-corrected chi connectivity index (χ4v) is 2.75. The molecule has 0 aliphatic heterocycles. The summed E-state index contributed by atoms with van der Waals surface area (Å²) in [7, 11) is 0. The monoisotopic (exact) mass is 345 g/mol. The number of carboxylic acids is 1. The van der Waals surface area contributed by atoms with Crippen LogP contribution in [0.25, 0.3) is 10.9 Å². The average Bonchev–Trinajstić information content (AvgIpc) is 2.19. The van der Waals surface area contributed by atoms with Gasteiger partial charge in [0.25, 0.3) is 0 Å². The van der Waals surface area contributed by atoms with Crippen LogP contribution >= 0.6 is 31.9 Å². The van der Waals surface area contributed by atoms with Crippen LogP contribution in [0.4, 0.5) is 0 Å². The number of nitrogens with one attached hydrogen (secondary N) is 1. The van der Waals surface area contributed by atoms with E-state index in [0.717, 1.165) is 0 Å². The number of hydrogen-bond donors (Lipinski definition) is 2. The van der Waals surface area contributed by atoms with E-state index in [1.807, 2.05) is 0 Å². The number of rotatable bonds is 1. The lowest BCUT2D eigenvalue weighted by atomic mass is 10.1. The molecule has 1 aromatic heterocycles. The summed E-state index contributed by atoms with van der Waals surface area (Å²) in [6.45, 7) is 0. The van der Waals surface area contributed by atoms with E-state index in [0.29, 0.717) is 19.8 Å². The van der Waals surface area contributed by atoms with Crippen LogP contribution in [0, 0.1) is 0 Å². The fourth-order valence-electron chi connectivity index (χ4n) is 1.41. The molecule has 0 unspecified atom stereocenters. The molecule has 2 aromatic rings. The molecule has 0 spiro atoms. The number of aromatic amines is 1. The standard InChI is InChI=1S/C10H5Br2NO3/c11-4-1-5-8(7(12)2-4)13-3-6(9(5)14)10(15)16/h1-3H,(H,13,14)(H,15,16). The molecule has 1 heterocycles. The molecule has 2 rings (SSSR count). The molecule has 0 radical (unpaired) electrons. The molecule has 2 N–H and O–H groups in total. The lowest BCUT2D eigenvalue weighted by molar-refractivity contribution is 0.0695. The summed E-state index contributed by atoms with van der Waals surface area (Å²) in [4.78, 5) is 25.4. The van der Waals surface area contributed by atoms with Crippen LogP contribution in [0.5, 0.6) is 0 Å². The van der Waals surface area contributed by atoms with Crippen LogP contribution in [-0.2, 0) is 0 Å². The van der Waals surface area contributed by atoms with Gasteiger partial charge in [-0.25, -0.2) is 4.79 Å². The maximum atomic E-state index is 11.8. The molecule has 1 aromatic carbocycles. The summed E-state index contributed by atoms with van der Waals surface area (Å²) < 4.78 is 1.41. The highest BCUT2D eigenvalue weighted by molar-refractivity contribution is 9.11. The van der Waals surface area contributed by atoms with Crippen LogP contribution in [0.2, 0.25) is 0 Å². The molecule has 0 bridgehead atoms. The number of carboxylic acid groups (broad SMARTS) is 1. The van der Waals surface area contributed by atoms with E-state index in [1.54, 1.807) is 12.1 Å². The number of H-pyrrole nitrogens is 1. The maximum absolute atomic E-state index is 11.8. The second-order valence-corrected chi connectivity index (χ2v) is 4.92. The number of benzene rings is 1. The number of fused-ring (bicyclic) bond motifs is 1. The van der Waals surface area contributed by atoms with Crippen molar-refractivity contribution in [2.45, 2.75) is 0 Å². The molecule has 0 saturated carbocycles. The van der Waals surface area contributed by atoms with E-state index in [4.69, 9.17) is 5.11 Å². The van der Waals surface area contributed by atoms with Crippen molar-refractivity contribution in [2.24, 2.45) is 0 Å². The van der Waals surface area contributed by atoms with Gasteiger partial charge in [0.05, 0.1) is 5.52 Å². The van der Waals surface area contributed by atoms with E-state index >= 15 is 0 Å². The van der Waals surface area contributed by atoms with Gasteiger partial charge in [0.15, 0.2) is 0 Å². The minimum absolute atomic E-state index is 0.266. The molecule has 0 atom stereocenters. The highest BCUT2D eigenvalue weighted by Gasteiger charge is 2.13. The Morgan fingerprint density at radius 3 is 2.62 bits per heavy atom. The molecule has 4 nitrogen and oxygen atoms in total. The highest BCUT2D eigenvalue weighted by atomic mass is 79.9. The van der Waals surface area contributed by atoms with Crippen LogP contribution in [-0.4, -0.2) is 16.1 Å². The van der Waals surface area contributed by atoms with Crippen molar-refractivity contribution < 1.29 is 9.90 Å². The molecule has 16 heavy (non-hydrogen) atoms. The van der Waals surface area contributed by atoms with Crippen LogP contribution in [0.3, 0.4) is 0 Å². The fraction of sp³-hybridized carbons (Fsp3) is 0. The van der Waals surface area contributed by atoms with Crippen LogP contribution in [0.15, 0.2) is 32.1 Å². The van der Waals surface area contributed by atoms with Gasteiger partial charge >= 0.3 is 5.97 Å². The Morgan fingerprint density at radius 2 is 2.00 bits per heavy atom. The summed E-state index contributed by atoms with van der Waals surface area (Å²) in [6.07, 6.45) is 1.20. The zero-order chi connectivity index (χ0) is 11.9. The van der Waals surface area contributed by atoms with E-state index in [-0.39, 0.29) is 5.56 Å². The third kappa shape index (κ3) is 1.78. The van der Waals surface area contributed by atoms with E-state index in [1.165, 1.54) is 6.20 Å². The first-order chi connectivity index (χ1) is 7.50. The smallest absolute Gasteiger partial charge is 0.341 e. The summed E-state index contributed by atoms with van der Waals surface area (Å²) in [5.74, 6) is -1.24. The zero-order valence-electron chi connectivity index (χ0n) is 7.75. The number of aromatic nitrogens is 1. The van der Waals surface area contributed by atoms with Crippen LogP contribution < -0.4 is 5.43 Å². The molecule has 82 valence electrons. The van der Waals surface area contributed by atoms with Gasteiger partial charge in [-0.2, -0.15) is 0 Å². The van der Waals surface area contributed by atoms with Crippen molar-refractivity contribution >= 4 is 48.7 Å². The van der Waals surface area contributed by atoms with Crippen molar-refractivity contribution in [3.8, 4) is 0 Å². The Bertz CT molecular complexity index is 648. The van der Waals surface area contributed by atoms with Gasteiger partial charge in [0.2, 0.25) is 5.43 Å². The largest absolute Gasteiger partial charge is 0.477 e. The summed E-state index contributed by atoms with van der Waals surface area (Å²) in [6, 6.07) is 3.37. The normalized spacial score (nSPS) is 10.6. The van der Waals surface area contributed by atoms with Gasteiger partial charge in [0.1, 0.15) is 5.56 Å². The number of carbonyl (C=O) groups is 1. The van der Waals surface area contributed by atoms with E-state index in [2.05, 4.69) is 36.8 Å². The Balaban J connectivity index is 2.95. The predicted molar refractivity (Wildman–Crippen MR) is 66.9 cm³/mol. The van der Waals surface area contributed by atoms with Gasteiger partial charge < -0.3 is 10.1 Å². The Kier molecular flexibility index (Phi) is 2.86. The molecule has 0 aliphatic rings. The number of halogens is 2. The highest BCUT2D eigenvalue weighted by Crippen LogP contribution is 2.25. The SMILES string of the molecule is O=C(O)c1c[nH]c2c(Br)cc(Br)cc2c1=O. The van der Waals surface area contributed by atoms with Gasteiger partial charge in [-0.3, -0.25) is 4.79 Å². The average molecular weight is 347 g/mol. The lowest BCUT2D eigenvalue weighted by Gasteiger charge is -2.03. The first-order valence-corrected chi connectivity index (χ1v) is 5.83. The van der Waals surface area contributed by atoms with Gasteiger partial charge in [-0.1, -0.05) is 15.9 Å². The first kappa shape index (κ1) is 11.3. The molecular weight excluding hydrogens is 342 g/mol. The van der Waals surface area contributed by atoms with Gasteiger partial charge in [-0.15, -0.1) is 0 Å². The number of hydrogen-bond acceptors (Lipinski definition) is 2. The topological polar surface area (TPSA) is 70.2 Å². The van der Waals surface area contributed by atoms with E-state index < -0.39 is 11.4 Å². The Morgan fingerprint density at radius 1 is 1.31 bits per heavy atom. The van der Waals surface area contributed by atoms with Crippen molar-refractivity contribution in [3.63, 3.8) is 0 Å². The second-order valence-electron chi connectivity index (χ2n) is 3.15. The molecule has 0 fully saturated rings. The molecular formula is C10H5Br2NO3. The third-order valence-electron chi connectivity index (χ3n) is 2.14. The van der Waals surface area contributed by atoms with Crippen molar-refractivity contribution in [1.29, 1.82) is 0 Å². The second kappa shape index (κ2) is 4.03. The third-order valence-corrected chi connectivity index (χ3v) is 3.22. The lowest BCUT2D eigenvalue weighted by Crippen LogP contribution is -2.15. The predicted octanol–water partition coefficient (Wildman–Crippen LogP) is 2.75. The van der Waals surface area contributed by atoms with Gasteiger partial charge in [-0.05, 0) is 28.1 Å². The van der Waals surface area contributed by atoms with Gasteiger partial charge in [0, 0.05) is 20.5 Å². The Labute approximate surface area is 107 Å². The van der Waals surface area contributed by atoms with Crippen LogP contribution in [0.1, 0.15) is 10.4 Å². The van der Waals surface area contributed by atoms with E-state index in [9.17, 15) is 9.59 Å². The molecule has 0 aliphatic carbocycles. The molecule has 6 heteroatoms. The summed E-state index contributed by atoms with van der Waals surface area (Å²) >= 11 is 6.54. The van der Waals surface area contributed by atoms with Crippen molar-refractivity contribution in [3.05, 3.63) is 43.1 Å². The summed E-state index contributed by atoms with van der Waals surface area (Å²) in [5, 5.41) is 9.15. The maximum Gasteiger partial charge on any atom is 0.341 e. The minimum Gasteiger partial charge on any atom is -0.477 e.